The van der Waals surface area contributed by atoms with Crippen LogP contribution in [0, 0.1) is 6.92 Å². The zero-order valence-electron chi connectivity index (χ0n) is 10.8. The zero-order valence-corrected chi connectivity index (χ0v) is 12.4. The third-order valence-corrected chi connectivity index (χ3v) is 3.72. The molecule has 3 heteroatoms. The van der Waals surface area contributed by atoms with E-state index in [0.29, 0.717) is 0 Å². The van der Waals surface area contributed by atoms with Crippen LogP contribution in [0.3, 0.4) is 0 Å². The fourth-order valence-electron chi connectivity index (χ4n) is 1.76. The van der Waals surface area contributed by atoms with Crippen LogP contribution in [-0.4, -0.2) is 25.0 Å². The van der Waals surface area contributed by atoms with Crippen molar-refractivity contribution >= 4 is 23.2 Å². The smallest absolute Gasteiger partial charge is 0.0712 e. The summed E-state index contributed by atoms with van der Waals surface area (Å²) in [7, 11) is 2.12. The Bertz CT molecular complexity index is 352. The minimum Gasteiger partial charge on any atom is -0.305 e. The topological polar surface area (TPSA) is 3.24 Å². The molecule has 1 atom stereocenters. The van der Waals surface area contributed by atoms with Crippen molar-refractivity contribution in [3.8, 4) is 0 Å². The predicted octanol–water partition coefficient (Wildman–Crippen LogP) is 4.66. The van der Waals surface area contributed by atoms with E-state index in [1.807, 2.05) is 19.1 Å². The van der Waals surface area contributed by atoms with Crippen molar-refractivity contribution in [1.29, 1.82) is 0 Å². The molecule has 0 N–H and O–H groups in total. The van der Waals surface area contributed by atoms with Gasteiger partial charge >= 0.3 is 0 Å². The Balaban J connectivity index is 2.57. The Morgan fingerprint density at radius 2 is 2.06 bits per heavy atom. The van der Waals surface area contributed by atoms with Crippen LogP contribution in [0.25, 0.3) is 0 Å². The van der Waals surface area contributed by atoms with Crippen molar-refractivity contribution in [2.75, 3.05) is 20.1 Å². The Labute approximate surface area is 115 Å². The van der Waals surface area contributed by atoms with Crippen LogP contribution in [0.1, 0.15) is 36.3 Å². The molecule has 0 aliphatic heterocycles. The molecule has 0 bridgehead atoms. The number of likely N-dealkylation sites (N-methyl/N-ethyl adjacent to an activating group) is 1. The van der Waals surface area contributed by atoms with Gasteiger partial charge in [-0.25, -0.2) is 0 Å². The van der Waals surface area contributed by atoms with E-state index in [9.17, 15) is 0 Å². The van der Waals surface area contributed by atoms with Crippen LogP contribution < -0.4 is 0 Å². The van der Waals surface area contributed by atoms with Gasteiger partial charge in [0.15, 0.2) is 0 Å². The Hall–Kier alpha value is -0.240. The summed E-state index contributed by atoms with van der Waals surface area (Å²) in [6.07, 6.45) is 2.44. The molecule has 0 saturated carbocycles. The van der Waals surface area contributed by atoms with Gasteiger partial charge in [-0.15, -0.1) is 11.6 Å². The molecule has 0 aliphatic rings. The number of halogens is 2. The van der Waals surface area contributed by atoms with Gasteiger partial charge in [0.2, 0.25) is 0 Å². The van der Waals surface area contributed by atoms with Gasteiger partial charge in [0.1, 0.15) is 0 Å². The first-order chi connectivity index (χ1) is 8.04. The van der Waals surface area contributed by atoms with E-state index in [1.165, 1.54) is 12.8 Å². The second-order valence-electron chi connectivity index (χ2n) is 4.59. The van der Waals surface area contributed by atoms with Crippen molar-refractivity contribution in [3.05, 3.63) is 34.3 Å². The van der Waals surface area contributed by atoms with Crippen molar-refractivity contribution in [2.24, 2.45) is 0 Å². The van der Waals surface area contributed by atoms with Crippen LogP contribution in [0.2, 0.25) is 5.02 Å². The molecule has 0 aliphatic carbocycles. The third kappa shape index (κ3) is 4.87. The molecule has 0 amide bonds. The van der Waals surface area contributed by atoms with Crippen molar-refractivity contribution in [1.82, 2.24) is 4.90 Å². The largest absolute Gasteiger partial charge is 0.305 e. The van der Waals surface area contributed by atoms with Gasteiger partial charge in [0.25, 0.3) is 0 Å². The summed E-state index contributed by atoms with van der Waals surface area (Å²) in [5.41, 5.74) is 2.24. The maximum atomic E-state index is 6.42. The summed E-state index contributed by atoms with van der Waals surface area (Å²) in [5.74, 6) is 0. The molecule has 0 aromatic heterocycles. The van der Waals surface area contributed by atoms with Crippen LogP contribution in [0.4, 0.5) is 0 Å². The average Bonchev–Trinajstić information content (AvgIpc) is 2.30. The van der Waals surface area contributed by atoms with E-state index in [-0.39, 0.29) is 5.38 Å². The predicted molar refractivity (Wildman–Crippen MR) is 77.2 cm³/mol. The fraction of sp³-hybridized carbons (Fsp3) is 0.571. The van der Waals surface area contributed by atoms with Gasteiger partial charge in [-0.2, -0.15) is 0 Å². The summed E-state index contributed by atoms with van der Waals surface area (Å²) < 4.78 is 0. The number of aryl methyl sites for hydroxylation is 1. The maximum absolute atomic E-state index is 6.42. The number of hydrogen-bond acceptors (Lipinski definition) is 1. The molecule has 0 saturated heterocycles. The highest BCUT2D eigenvalue weighted by Crippen LogP contribution is 2.25. The van der Waals surface area contributed by atoms with Crippen LogP contribution in [0.15, 0.2) is 18.2 Å². The lowest BCUT2D eigenvalue weighted by Crippen LogP contribution is -2.23. The van der Waals surface area contributed by atoms with Crippen molar-refractivity contribution in [3.63, 3.8) is 0 Å². The number of nitrogens with zero attached hydrogens (tertiary/aromatic N) is 1. The van der Waals surface area contributed by atoms with Gasteiger partial charge in [-0.05, 0) is 44.1 Å². The first-order valence-corrected chi connectivity index (χ1v) is 6.94. The summed E-state index contributed by atoms with van der Waals surface area (Å²) in [5, 5.41) is 0.838. The molecule has 0 radical (unpaired) electrons. The van der Waals surface area contributed by atoms with E-state index < -0.39 is 0 Å². The minimum atomic E-state index is 0.0350. The van der Waals surface area contributed by atoms with Crippen LogP contribution in [0.5, 0.6) is 0 Å². The highest BCUT2D eigenvalue weighted by molar-refractivity contribution is 6.31. The second kappa shape index (κ2) is 7.25. The number of rotatable bonds is 6. The quantitative estimate of drug-likeness (QED) is 0.682. The van der Waals surface area contributed by atoms with Gasteiger partial charge < -0.3 is 4.90 Å². The Morgan fingerprint density at radius 3 is 2.65 bits per heavy atom. The minimum absolute atomic E-state index is 0.0350. The molecule has 0 fully saturated rings. The number of unbranched alkanes of at least 4 members (excludes halogenated alkanes) is 1. The van der Waals surface area contributed by atoms with Crippen LogP contribution >= 0.6 is 23.2 Å². The van der Waals surface area contributed by atoms with Gasteiger partial charge in [0.05, 0.1) is 5.38 Å². The van der Waals surface area contributed by atoms with Crippen LogP contribution in [-0.2, 0) is 0 Å². The highest BCUT2D eigenvalue weighted by Gasteiger charge is 2.11. The Morgan fingerprint density at radius 1 is 1.35 bits per heavy atom. The molecule has 1 nitrogen and oxygen atoms in total. The lowest BCUT2D eigenvalue weighted by Gasteiger charge is -2.20. The molecule has 1 unspecified atom stereocenters. The SMILES string of the molecule is CCCCN(C)CC(Cl)c1ccc(Cl)c(C)c1. The van der Waals surface area contributed by atoms with E-state index in [4.69, 9.17) is 23.2 Å². The Kier molecular flexibility index (Phi) is 6.32. The number of alkyl halides is 1. The molecule has 17 heavy (non-hydrogen) atoms. The highest BCUT2D eigenvalue weighted by atomic mass is 35.5. The average molecular weight is 274 g/mol. The second-order valence-corrected chi connectivity index (χ2v) is 5.53. The van der Waals surface area contributed by atoms with E-state index in [2.05, 4.69) is 24.9 Å². The molecule has 1 rings (SSSR count). The fourth-order valence-corrected chi connectivity index (χ4v) is 2.25. The first-order valence-electron chi connectivity index (χ1n) is 6.13. The van der Waals surface area contributed by atoms with Crippen molar-refractivity contribution < 1.29 is 0 Å². The standard InChI is InChI=1S/C14H21Cl2N/c1-4-5-8-17(3)10-14(16)12-6-7-13(15)11(2)9-12/h6-7,9,14H,4-5,8,10H2,1-3H3. The molecule has 96 valence electrons. The maximum Gasteiger partial charge on any atom is 0.0712 e. The summed E-state index contributed by atoms with van der Waals surface area (Å²) in [6, 6.07) is 6.02. The first kappa shape index (κ1) is 14.8. The third-order valence-electron chi connectivity index (χ3n) is 2.91. The molecule has 0 heterocycles. The summed E-state index contributed by atoms with van der Waals surface area (Å²) in [6.45, 7) is 6.19. The van der Waals surface area contributed by atoms with E-state index in [1.54, 1.807) is 0 Å². The van der Waals surface area contributed by atoms with E-state index >= 15 is 0 Å². The molecule has 0 spiro atoms. The normalized spacial score (nSPS) is 13.1. The monoisotopic (exact) mass is 273 g/mol. The number of hydrogen-bond donors (Lipinski definition) is 0. The lowest BCUT2D eigenvalue weighted by molar-refractivity contribution is 0.328. The molecule has 1 aromatic carbocycles. The van der Waals surface area contributed by atoms with Gasteiger partial charge in [-0.1, -0.05) is 37.1 Å². The van der Waals surface area contributed by atoms with Gasteiger partial charge in [-0.3, -0.25) is 0 Å². The van der Waals surface area contributed by atoms with E-state index in [0.717, 1.165) is 29.2 Å². The molecule has 1 aromatic rings. The summed E-state index contributed by atoms with van der Waals surface area (Å²) >= 11 is 12.4. The number of benzene rings is 1. The summed E-state index contributed by atoms with van der Waals surface area (Å²) in [4.78, 5) is 2.28. The lowest BCUT2D eigenvalue weighted by atomic mass is 10.1. The molecular weight excluding hydrogens is 253 g/mol. The van der Waals surface area contributed by atoms with Crippen molar-refractivity contribution in [2.45, 2.75) is 32.1 Å². The molecular formula is C14H21Cl2N. The zero-order chi connectivity index (χ0) is 12.8. The van der Waals surface area contributed by atoms with Gasteiger partial charge in [0, 0.05) is 11.6 Å².